The lowest BCUT2D eigenvalue weighted by molar-refractivity contribution is -0.274. The second-order valence-electron chi connectivity index (χ2n) is 8.39. The zero-order valence-electron chi connectivity index (χ0n) is 16.0. The quantitative estimate of drug-likeness (QED) is 0.813. The summed E-state index contributed by atoms with van der Waals surface area (Å²) in [6, 6.07) is 6.13. The SMILES string of the molecule is CC1(C)CCCC1(O)C(CN1CCNCC1)c1cccc(OC(F)(F)F)c1. The Morgan fingerprint density at radius 2 is 1.93 bits per heavy atom. The maximum atomic E-state index is 12.7. The predicted molar refractivity (Wildman–Crippen MR) is 97.8 cm³/mol. The molecule has 2 unspecified atom stereocenters. The van der Waals surface area contributed by atoms with E-state index in [4.69, 9.17) is 0 Å². The van der Waals surface area contributed by atoms with Gasteiger partial charge in [-0.15, -0.1) is 13.2 Å². The van der Waals surface area contributed by atoms with Gasteiger partial charge in [0.25, 0.3) is 0 Å². The molecule has 1 aromatic rings. The fourth-order valence-electron chi connectivity index (χ4n) is 4.61. The molecular weight excluding hydrogens is 357 g/mol. The molecule has 2 fully saturated rings. The number of halogens is 3. The number of hydrogen-bond acceptors (Lipinski definition) is 4. The van der Waals surface area contributed by atoms with Crippen LogP contribution in [0.2, 0.25) is 0 Å². The van der Waals surface area contributed by atoms with Gasteiger partial charge in [0.15, 0.2) is 0 Å². The number of nitrogens with zero attached hydrogens (tertiary/aromatic N) is 1. The molecule has 1 aliphatic heterocycles. The molecule has 1 aromatic carbocycles. The molecule has 0 radical (unpaired) electrons. The van der Waals surface area contributed by atoms with Gasteiger partial charge >= 0.3 is 6.36 Å². The molecule has 3 rings (SSSR count). The van der Waals surface area contributed by atoms with Gasteiger partial charge in [-0.2, -0.15) is 0 Å². The molecule has 0 amide bonds. The summed E-state index contributed by atoms with van der Waals surface area (Å²) >= 11 is 0. The molecule has 4 nitrogen and oxygen atoms in total. The molecule has 2 N–H and O–H groups in total. The number of rotatable bonds is 5. The highest BCUT2D eigenvalue weighted by atomic mass is 19.4. The Balaban J connectivity index is 1.93. The third-order valence-corrected chi connectivity index (χ3v) is 6.25. The molecule has 2 aliphatic rings. The second kappa shape index (κ2) is 7.60. The Kier molecular flexibility index (Phi) is 5.75. The molecule has 1 saturated heterocycles. The van der Waals surface area contributed by atoms with Gasteiger partial charge in [-0.05, 0) is 42.4 Å². The van der Waals surface area contributed by atoms with Crippen LogP contribution < -0.4 is 10.1 Å². The first-order valence-electron chi connectivity index (χ1n) is 9.62. The van der Waals surface area contributed by atoms with Crippen molar-refractivity contribution in [3.05, 3.63) is 29.8 Å². The van der Waals surface area contributed by atoms with Crippen LogP contribution in [0.25, 0.3) is 0 Å². The van der Waals surface area contributed by atoms with E-state index in [1.54, 1.807) is 6.07 Å². The van der Waals surface area contributed by atoms with Crippen LogP contribution in [-0.2, 0) is 0 Å². The van der Waals surface area contributed by atoms with Crippen molar-refractivity contribution < 1.29 is 23.0 Å². The normalized spacial score (nSPS) is 27.5. The lowest BCUT2D eigenvalue weighted by Crippen LogP contribution is -2.52. The van der Waals surface area contributed by atoms with Crippen LogP contribution in [0.15, 0.2) is 24.3 Å². The van der Waals surface area contributed by atoms with Gasteiger partial charge < -0.3 is 20.1 Å². The van der Waals surface area contributed by atoms with Crippen molar-refractivity contribution in [1.29, 1.82) is 0 Å². The van der Waals surface area contributed by atoms with Crippen LogP contribution in [0.1, 0.15) is 44.6 Å². The fourth-order valence-corrected chi connectivity index (χ4v) is 4.61. The topological polar surface area (TPSA) is 44.7 Å². The summed E-state index contributed by atoms with van der Waals surface area (Å²) in [6.07, 6.45) is -2.25. The van der Waals surface area contributed by atoms with Gasteiger partial charge in [0.2, 0.25) is 0 Å². The first-order valence-corrected chi connectivity index (χ1v) is 9.62. The minimum atomic E-state index is -4.73. The number of hydrogen-bond donors (Lipinski definition) is 2. The van der Waals surface area contributed by atoms with Gasteiger partial charge in [-0.25, -0.2) is 0 Å². The van der Waals surface area contributed by atoms with E-state index in [0.717, 1.165) is 39.0 Å². The van der Waals surface area contributed by atoms with E-state index in [2.05, 4.69) is 28.8 Å². The summed E-state index contributed by atoms with van der Waals surface area (Å²) in [6.45, 7) is 8.23. The molecular formula is C20H29F3N2O2. The minimum Gasteiger partial charge on any atom is -0.406 e. The van der Waals surface area contributed by atoms with Crippen molar-refractivity contribution in [2.75, 3.05) is 32.7 Å². The third-order valence-electron chi connectivity index (χ3n) is 6.25. The van der Waals surface area contributed by atoms with Crippen LogP contribution in [0.3, 0.4) is 0 Å². The molecule has 27 heavy (non-hydrogen) atoms. The zero-order valence-corrected chi connectivity index (χ0v) is 16.0. The van der Waals surface area contributed by atoms with E-state index in [9.17, 15) is 18.3 Å². The number of alkyl halides is 3. The van der Waals surface area contributed by atoms with Gasteiger partial charge in [0.05, 0.1) is 5.60 Å². The molecule has 1 aliphatic carbocycles. The first-order chi connectivity index (χ1) is 12.6. The van der Waals surface area contributed by atoms with Gasteiger partial charge in [-0.1, -0.05) is 26.0 Å². The lowest BCUT2D eigenvalue weighted by Gasteiger charge is -2.45. The number of ether oxygens (including phenoxy) is 1. The summed E-state index contributed by atoms with van der Waals surface area (Å²) in [5.41, 5.74) is -0.561. The average Bonchev–Trinajstić information content (AvgIpc) is 2.86. The Bertz CT molecular complexity index is 644. The summed E-state index contributed by atoms with van der Waals surface area (Å²) in [4.78, 5) is 2.28. The Labute approximate surface area is 158 Å². The maximum absolute atomic E-state index is 12.7. The number of aliphatic hydroxyl groups is 1. The van der Waals surface area contributed by atoms with E-state index in [1.807, 2.05) is 6.07 Å². The first kappa shape index (κ1) is 20.4. The van der Waals surface area contributed by atoms with Crippen LogP contribution in [-0.4, -0.2) is 54.7 Å². The van der Waals surface area contributed by atoms with Crippen LogP contribution in [0.5, 0.6) is 5.75 Å². The van der Waals surface area contributed by atoms with E-state index >= 15 is 0 Å². The molecule has 0 spiro atoms. The monoisotopic (exact) mass is 386 g/mol. The van der Waals surface area contributed by atoms with E-state index in [0.29, 0.717) is 18.5 Å². The van der Waals surface area contributed by atoms with Crippen molar-refractivity contribution in [3.8, 4) is 5.75 Å². The average molecular weight is 386 g/mol. The highest BCUT2D eigenvalue weighted by molar-refractivity contribution is 5.34. The molecule has 1 saturated carbocycles. The number of benzene rings is 1. The van der Waals surface area contributed by atoms with Crippen molar-refractivity contribution in [2.45, 2.75) is 51.0 Å². The van der Waals surface area contributed by atoms with E-state index < -0.39 is 12.0 Å². The van der Waals surface area contributed by atoms with E-state index in [-0.39, 0.29) is 17.1 Å². The zero-order chi connectivity index (χ0) is 19.7. The Hall–Kier alpha value is -1.31. The summed E-state index contributed by atoms with van der Waals surface area (Å²) in [5, 5.41) is 15.0. The minimum absolute atomic E-state index is 0.232. The predicted octanol–water partition coefficient (Wildman–Crippen LogP) is 3.52. The van der Waals surface area contributed by atoms with Gasteiger partial charge in [0.1, 0.15) is 5.75 Å². The van der Waals surface area contributed by atoms with Crippen molar-refractivity contribution >= 4 is 0 Å². The highest BCUT2D eigenvalue weighted by Gasteiger charge is 2.53. The highest BCUT2D eigenvalue weighted by Crippen LogP contribution is 2.53. The van der Waals surface area contributed by atoms with Crippen molar-refractivity contribution in [3.63, 3.8) is 0 Å². The molecule has 1 heterocycles. The smallest absolute Gasteiger partial charge is 0.406 e. The van der Waals surface area contributed by atoms with Crippen LogP contribution >= 0.6 is 0 Å². The summed E-state index contributed by atoms with van der Waals surface area (Å²) in [5.74, 6) is -0.505. The molecule has 152 valence electrons. The van der Waals surface area contributed by atoms with Gasteiger partial charge in [-0.3, -0.25) is 0 Å². The maximum Gasteiger partial charge on any atom is 0.573 e. The Morgan fingerprint density at radius 3 is 2.52 bits per heavy atom. The van der Waals surface area contributed by atoms with Gasteiger partial charge in [0, 0.05) is 38.6 Å². The van der Waals surface area contributed by atoms with Crippen LogP contribution in [0, 0.1) is 5.41 Å². The third kappa shape index (κ3) is 4.58. The van der Waals surface area contributed by atoms with E-state index in [1.165, 1.54) is 12.1 Å². The molecule has 2 atom stereocenters. The Morgan fingerprint density at radius 1 is 1.22 bits per heavy atom. The number of piperazine rings is 1. The second-order valence-corrected chi connectivity index (χ2v) is 8.39. The molecule has 0 aromatic heterocycles. The van der Waals surface area contributed by atoms with Crippen LogP contribution in [0.4, 0.5) is 13.2 Å². The molecule has 0 bridgehead atoms. The number of nitrogens with one attached hydrogen (secondary N) is 1. The standard InChI is InChI=1S/C20H29F3N2O2/c1-18(2)7-4-8-19(18,26)17(14-25-11-9-24-10-12-25)15-5-3-6-16(13-15)27-20(21,22)23/h3,5-6,13,17,24,26H,4,7-12,14H2,1-2H3. The van der Waals surface area contributed by atoms with Crippen molar-refractivity contribution in [1.82, 2.24) is 10.2 Å². The lowest BCUT2D eigenvalue weighted by atomic mass is 9.67. The summed E-state index contributed by atoms with van der Waals surface area (Å²) in [7, 11) is 0. The molecule has 7 heteroatoms. The fraction of sp³-hybridized carbons (Fsp3) is 0.700. The largest absolute Gasteiger partial charge is 0.573 e. The van der Waals surface area contributed by atoms with Crippen molar-refractivity contribution in [2.24, 2.45) is 5.41 Å². The summed E-state index contributed by atoms with van der Waals surface area (Å²) < 4.78 is 42.1.